The summed E-state index contributed by atoms with van der Waals surface area (Å²) in [6.45, 7) is 42.8. The number of esters is 6. The van der Waals surface area contributed by atoms with E-state index in [1.165, 1.54) is 6.42 Å². The van der Waals surface area contributed by atoms with Gasteiger partial charge in [-0.15, -0.1) is 0 Å². The normalized spacial score (nSPS) is 21.9. The van der Waals surface area contributed by atoms with Gasteiger partial charge in [0.15, 0.2) is 6.61 Å². The maximum Gasteiger partial charge on any atom is 0.344 e. The van der Waals surface area contributed by atoms with Crippen LogP contribution in [0.15, 0.2) is 0 Å². The third-order valence-corrected chi connectivity index (χ3v) is 20.0. The number of rotatable bonds is 29. The molecule has 6 atom stereocenters. The Labute approximate surface area is 523 Å². The second-order valence-corrected chi connectivity index (χ2v) is 30.6. The van der Waals surface area contributed by atoms with Gasteiger partial charge in [0.05, 0.1) is 54.5 Å². The highest BCUT2D eigenvalue weighted by Gasteiger charge is 2.51. The largest absolute Gasteiger partial charge is 0.465 e. The lowest BCUT2D eigenvalue weighted by Crippen LogP contribution is -2.53. The van der Waals surface area contributed by atoms with E-state index in [0.29, 0.717) is 51.1 Å². The molecule has 0 aromatic rings. The summed E-state index contributed by atoms with van der Waals surface area (Å²) in [6.07, 6.45) is 17.6. The smallest absolute Gasteiger partial charge is 0.344 e. The lowest BCUT2D eigenvalue weighted by Gasteiger charge is -2.49. The average Bonchev–Trinajstić information content (AvgIpc) is 1.32. The summed E-state index contributed by atoms with van der Waals surface area (Å²) < 4.78 is 54.8. The van der Waals surface area contributed by atoms with Crippen LogP contribution in [0.1, 0.15) is 260 Å². The average molecular weight is 1230 g/mol. The molecule has 0 saturated heterocycles. The minimum absolute atomic E-state index is 0.0200. The molecular formula is C70H128O16. The van der Waals surface area contributed by atoms with Crippen LogP contribution in [-0.4, -0.2) is 128 Å². The van der Waals surface area contributed by atoms with Crippen molar-refractivity contribution in [3.63, 3.8) is 0 Å². The Balaban J connectivity index is 0.000000576. The Bertz CT molecular complexity index is 2040. The van der Waals surface area contributed by atoms with Gasteiger partial charge in [-0.2, -0.15) is 0 Å². The van der Waals surface area contributed by atoms with E-state index >= 15 is 0 Å². The van der Waals surface area contributed by atoms with E-state index in [-0.39, 0.29) is 106 Å². The van der Waals surface area contributed by atoms with Gasteiger partial charge in [0.2, 0.25) is 0 Å². The van der Waals surface area contributed by atoms with E-state index in [9.17, 15) is 28.8 Å². The van der Waals surface area contributed by atoms with Crippen LogP contribution in [0.5, 0.6) is 0 Å². The molecule has 504 valence electrons. The SMILES string of the molecule is CCC(C)(C)C(=O)OC1(C(C)(C)COC)CCCCC1.CCC(C)(C)C(=O)OC1CCCC1C(C)(C)COC.CCC(C)(C)C(=O)OCC(=O)OC1CCCC1C(C)(C)COC.CCC(C)(C)C(=O)OCCC(=O)OC1CCCC1C(C)(C)COC. The first-order valence-electron chi connectivity index (χ1n) is 32.9. The topological polar surface area (TPSA) is 195 Å². The fourth-order valence-electron chi connectivity index (χ4n) is 12.2. The third kappa shape index (κ3) is 24.8. The highest BCUT2D eigenvalue weighted by molar-refractivity contribution is 5.80. The number of carbonyl (C=O) groups excluding carboxylic acids is 6. The molecular weight excluding hydrogens is 1100 g/mol. The molecule has 0 N–H and O–H groups in total. The Hall–Kier alpha value is -3.34. The molecule has 0 spiro atoms. The molecule has 4 rings (SSSR count). The molecule has 0 radical (unpaired) electrons. The summed E-state index contributed by atoms with van der Waals surface area (Å²) in [5.74, 6) is -0.512. The van der Waals surface area contributed by atoms with E-state index in [4.69, 9.17) is 47.4 Å². The molecule has 4 saturated carbocycles. The van der Waals surface area contributed by atoms with Crippen LogP contribution in [0.2, 0.25) is 0 Å². The van der Waals surface area contributed by atoms with E-state index in [2.05, 4.69) is 55.4 Å². The van der Waals surface area contributed by atoms with E-state index in [1.54, 1.807) is 42.3 Å². The van der Waals surface area contributed by atoms with Crippen LogP contribution in [0.4, 0.5) is 0 Å². The first-order valence-corrected chi connectivity index (χ1v) is 32.9. The molecule has 86 heavy (non-hydrogen) atoms. The molecule has 4 fully saturated rings. The van der Waals surface area contributed by atoms with Gasteiger partial charge in [-0.05, 0) is 181 Å². The van der Waals surface area contributed by atoms with Gasteiger partial charge >= 0.3 is 35.8 Å². The number of methoxy groups -OCH3 is 4. The summed E-state index contributed by atoms with van der Waals surface area (Å²) in [5, 5.41) is 0. The van der Waals surface area contributed by atoms with Crippen molar-refractivity contribution in [2.24, 2.45) is 61.1 Å². The molecule has 16 heteroatoms. The second-order valence-electron chi connectivity index (χ2n) is 30.6. The highest BCUT2D eigenvalue weighted by atomic mass is 16.6. The molecule has 0 heterocycles. The van der Waals surface area contributed by atoms with Crippen molar-refractivity contribution in [3.05, 3.63) is 0 Å². The minimum Gasteiger partial charge on any atom is -0.465 e. The molecule has 16 nitrogen and oxygen atoms in total. The number of ether oxygens (including phenoxy) is 10. The number of carbonyl (C=O) groups is 6. The van der Waals surface area contributed by atoms with Crippen molar-refractivity contribution >= 4 is 35.8 Å². The zero-order valence-electron chi connectivity index (χ0n) is 59.2. The van der Waals surface area contributed by atoms with Gasteiger partial charge in [0.25, 0.3) is 0 Å². The van der Waals surface area contributed by atoms with Crippen LogP contribution in [0.3, 0.4) is 0 Å². The van der Waals surface area contributed by atoms with Gasteiger partial charge < -0.3 is 47.4 Å². The van der Waals surface area contributed by atoms with Gasteiger partial charge in [-0.3, -0.25) is 24.0 Å². The molecule has 0 aliphatic heterocycles. The number of hydrogen-bond acceptors (Lipinski definition) is 16. The Morgan fingerprint density at radius 3 is 1.09 bits per heavy atom. The lowest BCUT2D eigenvalue weighted by molar-refractivity contribution is -0.197. The van der Waals surface area contributed by atoms with Gasteiger partial charge in [0.1, 0.15) is 30.5 Å². The first-order chi connectivity index (χ1) is 39.7. The summed E-state index contributed by atoms with van der Waals surface area (Å²) in [6, 6.07) is 0. The molecule has 0 aromatic heterocycles. The Kier molecular flexibility index (Phi) is 33.7. The zero-order valence-corrected chi connectivity index (χ0v) is 59.2. The molecule has 4 aliphatic rings. The molecule has 6 unspecified atom stereocenters. The minimum atomic E-state index is -0.573. The van der Waals surface area contributed by atoms with Crippen LogP contribution in [0.25, 0.3) is 0 Å². The van der Waals surface area contributed by atoms with Gasteiger partial charge in [0, 0.05) is 51.6 Å². The van der Waals surface area contributed by atoms with Crippen molar-refractivity contribution in [2.45, 2.75) is 284 Å². The monoisotopic (exact) mass is 1220 g/mol. The Morgan fingerprint density at radius 2 is 0.721 bits per heavy atom. The van der Waals surface area contributed by atoms with Crippen LogP contribution in [0, 0.1) is 61.1 Å². The Morgan fingerprint density at radius 1 is 0.384 bits per heavy atom. The maximum absolute atomic E-state index is 12.6. The van der Waals surface area contributed by atoms with Crippen molar-refractivity contribution in [2.75, 3.05) is 68.1 Å². The van der Waals surface area contributed by atoms with Crippen molar-refractivity contribution < 1.29 is 76.1 Å². The van der Waals surface area contributed by atoms with Crippen LogP contribution in [-0.2, 0) is 76.1 Å². The van der Waals surface area contributed by atoms with Crippen molar-refractivity contribution in [3.8, 4) is 0 Å². The van der Waals surface area contributed by atoms with E-state index < -0.39 is 22.2 Å². The maximum atomic E-state index is 12.6. The fourth-order valence-corrected chi connectivity index (χ4v) is 12.2. The van der Waals surface area contributed by atoms with Crippen molar-refractivity contribution in [1.29, 1.82) is 0 Å². The quantitative estimate of drug-likeness (QED) is 0.0506. The predicted octanol–water partition coefficient (Wildman–Crippen LogP) is 15.2. The van der Waals surface area contributed by atoms with E-state index in [1.807, 2.05) is 69.2 Å². The summed E-state index contributed by atoms with van der Waals surface area (Å²) >= 11 is 0. The lowest BCUT2D eigenvalue weighted by atomic mass is 9.67. The summed E-state index contributed by atoms with van der Waals surface area (Å²) in [4.78, 5) is 72.7. The standard InChI is InChI=1S/C19H34O5.C18H32O5.C17H32O3.C16H30O3/c1-7-18(2,3)17(21)23-12-11-16(20)24-15-10-8-9-14(15)19(4,5)13-22-6;1-7-17(2,3)16(20)22-11-15(19)23-14-10-8-9-13(14)18(4,5)12-21-6;1-7-15(2,3)14(18)20-17(11-9-8-10-12-17)16(4,5)13-19-6;1-7-15(2,3)14(17)19-13-10-8-9-12(13)16(4,5)11-18-6/h14-15H,7-13H2,1-6H3;13-14H,7-12H2,1-6H3;7-13H2,1-6H3;12-13H,7-11H2,1-6H3. The first kappa shape index (κ1) is 80.7. The molecule has 0 amide bonds. The van der Waals surface area contributed by atoms with E-state index in [0.717, 1.165) is 96.3 Å². The van der Waals surface area contributed by atoms with Crippen molar-refractivity contribution in [1.82, 2.24) is 0 Å². The molecule has 4 aliphatic carbocycles. The van der Waals surface area contributed by atoms with Crippen LogP contribution >= 0.6 is 0 Å². The predicted molar refractivity (Wildman–Crippen MR) is 339 cm³/mol. The molecule has 0 aromatic carbocycles. The van der Waals surface area contributed by atoms with Gasteiger partial charge in [-0.25, -0.2) is 4.79 Å². The van der Waals surface area contributed by atoms with Crippen LogP contribution < -0.4 is 0 Å². The second kappa shape index (κ2) is 35.9. The molecule has 0 bridgehead atoms. The zero-order chi connectivity index (χ0) is 66.2. The fraction of sp³-hybridized carbons (Fsp3) is 0.914. The third-order valence-electron chi connectivity index (χ3n) is 20.0. The number of hydrogen-bond donors (Lipinski definition) is 0. The van der Waals surface area contributed by atoms with Gasteiger partial charge in [-0.1, -0.05) is 89.5 Å². The summed E-state index contributed by atoms with van der Waals surface area (Å²) in [7, 11) is 6.84. The summed E-state index contributed by atoms with van der Waals surface area (Å²) in [5.41, 5.74) is -2.39. The highest BCUT2D eigenvalue weighted by Crippen LogP contribution is 2.48.